The van der Waals surface area contributed by atoms with Crippen molar-refractivity contribution in [3.63, 3.8) is 0 Å². The lowest BCUT2D eigenvalue weighted by atomic mass is 9.96. The number of aromatic nitrogens is 3. The smallest absolute Gasteiger partial charge is 0.332 e. The fourth-order valence-corrected chi connectivity index (χ4v) is 3.65. The van der Waals surface area contributed by atoms with Crippen molar-refractivity contribution >= 4 is 22.7 Å². The van der Waals surface area contributed by atoms with Crippen LogP contribution < -0.4 is 16.1 Å². The minimum atomic E-state index is -0.409. The highest BCUT2D eigenvalue weighted by Gasteiger charge is 2.29. The topological polar surface area (TPSA) is 86.4 Å². The monoisotopic (exact) mass is 360 g/mol. The predicted octanol–water partition coefficient (Wildman–Crippen LogP) is 0.720. The van der Waals surface area contributed by atoms with Crippen molar-refractivity contribution in [1.29, 1.82) is 0 Å². The third kappa shape index (κ3) is 2.89. The Balaban J connectivity index is 2.16. The van der Waals surface area contributed by atoms with Crippen molar-refractivity contribution in [1.82, 2.24) is 14.1 Å². The zero-order valence-electron chi connectivity index (χ0n) is 15.6. The van der Waals surface area contributed by atoms with E-state index in [9.17, 15) is 14.4 Å². The number of esters is 1. The van der Waals surface area contributed by atoms with Gasteiger partial charge in [0.1, 0.15) is 5.39 Å². The molecule has 1 unspecified atom stereocenters. The Morgan fingerprint density at radius 3 is 2.73 bits per heavy atom. The van der Waals surface area contributed by atoms with E-state index in [0.29, 0.717) is 24.2 Å². The summed E-state index contributed by atoms with van der Waals surface area (Å²) in [5, 5.41) is 0.416. The van der Waals surface area contributed by atoms with Crippen LogP contribution >= 0.6 is 0 Å². The quantitative estimate of drug-likeness (QED) is 0.750. The first kappa shape index (κ1) is 18.2. The van der Waals surface area contributed by atoms with E-state index in [1.165, 1.54) is 11.6 Å². The van der Waals surface area contributed by atoms with Crippen LogP contribution in [0.4, 0.5) is 5.69 Å². The van der Waals surface area contributed by atoms with E-state index in [1.54, 1.807) is 20.2 Å². The van der Waals surface area contributed by atoms with Crippen LogP contribution in [-0.4, -0.2) is 39.8 Å². The summed E-state index contributed by atoms with van der Waals surface area (Å²) in [5.74, 6) is -0.420. The zero-order chi connectivity index (χ0) is 19.0. The van der Waals surface area contributed by atoms with Gasteiger partial charge in [0, 0.05) is 33.4 Å². The maximum atomic E-state index is 12.8. The maximum absolute atomic E-state index is 12.8. The van der Waals surface area contributed by atoms with Crippen molar-refractivity contribution in [2.24, 2.45) is 20.0 Å². The van der Waals surface area contributed by atoms with Crippen LogP contribution in [0.3, 0.4) is 0 Å². The fraction of sp³-hybridized carbons (Fsp3) is 0.556. The van der Waals surface area contributed by atoms with Crippen LogP contribution in [-0.2, 0) is 23.6 Å². The number of rotatable bonds is 3. The van der Waals surface area contributed by atoms with Gasteiger partial charge in [-0.2, -0.15) is 0 Å². The Bertz CT molecular complexity index is 976. The molecule has 2 aromatic rings. The summed E-state index contributed by atoms with van der Waals surface area (Å²) in [6, 6.07) is 0. The molecule has 0 amide bonds. The molecule has 0 bridgehead atoms. The van der Waals surface area contributed by atoms with E-state index in [4.69, 9.17) is 4.74 Å². The highest BCUT2D eigenvalue weighted by Crippen LogP contribution is 2.30. The average molecular weight is 360 g/mol. The Kier molecular flexibility index (Phi) is 4.84. The number of hydrogen-bond acceptors (Lipinski definition) is 6. The Labute approximate surface area is 151 Å². The van der Waals surface area contributed by atoms with Gasteiger partial charge in [0.05, 0.1) is 18.2 Å². The lowest BCUT2D eigenvalue weighted by Gasteiger charge is -2.34. The fourth-order valence-electron chi connectivity index (χ4n) is 3.65. The molecule has 26 heavy (non-hydrogen) atoms. The largest absolute Gasteiger partial charge is 0.466 e. The number of nitrogens with zero attached hydrogens (tertiary/aromatic N) is 4. The van der Waals surface area contributed by atoms with E-state index < -0.39 is 5.69 Å². The van der Waals surface area contributed by atoms with Gasteiger partial charge in [-0.3, -0.25) is 18.7 Å². The van der Waals surface area contributed by atoms with Gasteiger partial charge in [0.2, 0.25) is 0 Å². The number of anilines is 1. The number of carbonyl (C=O) groups is 1. The van der Waals surface area contributed by atoms with Crippen molar-refractivity contribution in [3.8, 4) is 0 Å². The van der Waals surface area contributed by atoms with E-state index in [1.807, 2.05) is 6.92 Å². The number of carbonyl (C=O) groups excluding carboxylic acids is 1. The Hall–Kier alpha value is -2.64. The lowest BCUT2D eigenvalue weighted by molar-refractivity contribution is -0.148. The van der Waals surface area contributed by atoms with Gasteiger partial charge in [-0.15, -0.1) is 0 Å². The third-order valence-corrected chi connectivity index (χ3v) is 4.98. The van der Waals surface area contributed by atoms with Crippen LogP contribution in [0.5, 0.6) is 0 Å². The molecule has 1 saturated heterocycles. The minimum absolute atomic E-state index is 0.200. The molecular formula is C18H24N4O4. The SMILES string of the molecule is CCOC(=O)C1CCCN(c2c(C)cnc3c2c(=O)n(C)c(=O)n3C)C1. The van der Waals surface area contributed by atoms with E-state index >= 15 is 0 Å². The molecule has 1 atom stereocenters. The summed E-state index contributed by atoms with van der Waals surface area (Å²) in [4.78, 5) is 43.6. The summed E-state index contributed by atoms with van der Waals surface area (Å²) >= 11 is 0. The highest BCUT2D eigenvalue weighted by atomic mass is 16.5. The zero-order valence-corrected chi connectivity index (χ0v) is 15.6. The van der Waals surface area contributed by atoms with Crippen LogP contribution in [0.15, 0.2) is 15.8 Å². The van der Waals surface area contributed by atoms with Crippen LogP contribution in [0.2, 0.25) is 0 Å². The summed E-state index contributed by atoms with van der Waals surface area (Å²) < 4.78 is 7.65. The van der Waals surface area contributed by atoms with Crippen molar-refractivity contribution in [3.05, 3.63) is 32.6 Å². The summed E-state index contributed by atoms with van der Waals surface area (Å²) in [6.45, 7) is 5.27. The van der Waals surface area contributed by atoms with E-state index in [-0.39, 0.29) is 17.4 Å². The van der Waals surface area contributed by atoms with Crippen molar-refractivity contribution < 1.29 is 9.53 Å². The van der Waals surface area contributed by atoms with Crippen LogP contribution in [0, 0.1) is 12.8 Å². The molecule has 0 aromatic carbocycles. The molecular weight excluding hydrogens is 336 g/mol. The van der Waals surface area contributed by atoms with Gasteiger partial charge in [0.15, 0.2) is 5.65 Å². The normalized spacial score (nSPS) is 17.5. The first-order valence-corrected chi connectivity index (χ1v) is 8.83. The van der Waals surface area contributed by atoms with Crippen LogP contribution in [0.25, 0.3) is 11.0 Å². The second-order valence-corrected chi connectivity index (χ2v) is 6.73. The number of pyridine rings is 1. The average Bonchev–Trinajstić information content (AvgIpc) is 2.64. The van der Waals surface area contributed by atoms with Crippen molar-refractivity contribution in [2.75, 3.05) is 24.6 Å². The number of fused-ring (bicyclic) bond motifs is 1. The molecule has 0 radical (unpaired) electrons. The molecule has 8 heteroatoms. The molecule has 0 aliphatic carbocycles. The van der Waals surface area contributed by atoms with Gasteiger partial charge >= 0.3 is 11.7 Å². The second kappa shape index (κ2) is 6.93. The van der Waals surface area contributed by atoms with Gasteiger partial charge in [-0.25, -0.2) is 9.78 Å². The van der Waals surface area contributed by atoms with Crippen LogP contribution in [0.1, 0.15) is 25.3 Å². The Morgan fingerprint density at radius 2 is 2.04 bits per heavy atom. The summed E-state index contributed by atoms with van der Waals surface area (Å²) in [7, 11) is 3.07. The van der Waals surface area contributed by atoms with E-state index in [0.717, 1.165) is 35.2 Å². The molecule has 3 heterocycles. The molecule has 1 aliphatic rings. The number of hydrogen-bond donors (Lipinski definition) is 0. The first-order chi connectivity index (χ1) is 12.4. The van der Waals surface area contributed by atoms with Gasteiger partial charge < -0.3 is 9.64 Å². The van der Waals surface area contributed by atoms with Crippen molar-refractivity contribution in [2.45, 2.75) is 26.7 Å². The molecule has 0 saturated carbocycles. The maximum Gasteiger partial charge on any atom is 0.332 e. The molecule has 0 N–H and O–H groups in total. The summed E-state index contributed by atoms with van der Waals surface area (Å²) in [5.41, 5.74) is 1.18. The molecule has 1 aliphatic heterocycles. The standard InChI is InChI=1S/C18H24N4O4/c1-5-26-17(24)12-7-6-8-22(10-12)14-11(2)9-19-15-13(14)16(23)21(4)18(25)20(15)3/h9,12H,5-8,10H2,1-4H3. The second-order valence-electron chi connectivity index (χ2n) is 6.73. The number of piperidine rings is 1. The van der Waals surface area contributed by atoms with Gasteiger partial charge in [-0.1, -0.05) is 0 Å². The van der Waals surface area contributed by atoms with Gasteiger partial charge in [0.25, 0.3) is 5.56 Å². The lowest BCUT2D eigenvalue weighted by Crippen LogP contribution is -2.42. The molecule has 3 rings (SSSR count). The molecule has 1 fully saturated rings. The molecule has 140 valence electrons. The Morgan fingerprint density at radius 1 is 1.31 bits per heavy atom. The third-order valence-electron chi connectivity index (χ3n) is 4.98. The number of aryl methyl sites for hydroxylation is 2. The summed E-state index contributed by atoms with van der Waals surface area (Å²) in [6.07, 6.45) is 3.28. The van der Waals surface area contributed by atoms with E-state index in [2.05, 4.69) is 9.88 Å². The minimum Gasteiger partial charge on any atom is -0.466 e. The molecule has 2 aromatic heterocycles. The predicted molar refractivity (Wildman–Crippen MR) is 98.5 cm³/mol. The molecule has 8 nitrogen and oxygen atoms in total. The van der Waals surface area contributed by atoms with Gasteiger partial charge in [-0.05, 0) is 32.3 Å². The first-order valence-electron chi connectivity index (χ1n) is 8.83. The number of ether oxygens (including phenoxy) is 1. The highest BCUT2D eigenvalue weighted by molar-refractivity contribution is 5.91. The molecule has 0 spiro atoms.